The molecule has 0 aliphatic carbocycles. The number of furan rings is 1. The van der Waals surface area contributed by atoms with Crippen LogP contribution in [0.4, 0.5) is 0 Å². The maximum Gasteiger partial charge on any atom is 0.227 e. The fourth-order valence-corrected chi connectivity index (χ4v) is 3.10. The first kappa shape index (κ1) is 15.1. The molecule has 6 heteroatoms. The first-order valence-electron chi connectivity index (χ1n) is 6.35. The zero-order valence-corrected chi connectivity index (χ0v) is 13.3. The fourth-order valence-electron chi connectivity index (χ4n) is 2.08. The van der Waals surface area contributed by atoms with E-state index >= 15 is 0 Å². The summed E-state index contributed by atoms with van der Waals surface area (Å²) in [7, 11) is 0. The van der Waals surface area contributed by atoms with Crippen molar-refractivity contribution in [2.24, 2.45) is 0 Å². The summed E-state index contributed by atoms with van der Waals surface area (Å²) < 4.78 is 5.48. The number of alkyl halides is 1. The van der Waals surface area contributed by atoms with Gasteiger partial charge in [0.05, 0.1) is 24.0 Å². The van der Waals surface area contributed by atoms with Gasteiger partial charge in [0.15, 0.2) is 0 Å². The van der Waals surface area contributed by atoms with E-state index in [-0.39, 0.29) is 18.4 Å². The van der Waals surface area contributed by atoms with E-state index in [0.29, 0.717) is 5.88 Å². The summed E-state index contributed by atoms with van der Waals surface area (Å²) >= 11 is 7.15. The number of nitrogens with zero attached hydrogens (tertiary/aromatic N) is 1. The lowest BCUT2D eigenvalue weighted by Crippen LogP contribution is -2.28. The number of hydrogen-bond acceptors (Lipinski definition) is 4. The van der Waals surface area contributed by atoms with Gasteiger partial charge in [0.1, 0.15) is 16.5 Å². The molecular formula is C14H17ClN2O2S. The van der Waals surface area contributed by atoms with Crippen molar-refractivity contribution >= 4 is 28.8 Å². The van der Waals surface area contributed by atoms with E-state index in [2.05, 4.69) is 10.3 Å². The van der Waals surface area contributed by atoms with Crippen molar-refractivity contribution in [2.75, 3.05) is 0 Å². The molecule has 0 radical (unpaired) electrons. The normalized spacial score (nSPS) is 12.4. The molecule has 4 nitrogen and oxygen atoms in total. The van der Waals surface area contributed by atoms with Crippen LogP contribution in [0.2, 0.25) is 0 Å². The monoisotopic (exact) mass is 312 g/mol. The molecule has 0 aromatic carbocycles. The minimum atomic E-state index is -0.0765. The van der Waals surface area contributed by atoms with Gasteiger partial charge in [-0.3, -0.25) is 4.79 Å². The quantitative estimate of drug-likeness (QED) is 0.860. The average molecular weight is 313 g/mol. The van der Waals surface area contributed by atoms with Crippen LogP contribution < -0.4 is 5.32 Å². The molecule has 1 N–H and O–H groups in total. The third-order valence-corrected chi connectivity index (χ3v) is 4.14. The summed E-state index contributed by atoms with van der Waals surface area (Å²) in [6.45, 7) is 5.74. The third-order valence-electron chi connectivity index (χ3n) is 2.97. The van der Waals surface area contributed by atoms with Gasteiger partial charge in [-0.2, -0.15) is 0 Å². The van der Waals surface area contributed by atoms with Crippen LogP contribution in [0, 0.1) is 13.8 Å². The van der Waals surface area contributed by atoms with Gasteiger partial charge >= 0.3 is 0 Å². The molecule has 1 atom stereocenters. The van der Waals surface area contributed by atoms with Gasteiger partial charge in [0.2, 0.25) is 5.91 Å². The topological polar surface area (TPSA) is 55.1 Å². The molecule has 2 heterocycles. The molecular weight excluding hydrogens is 296 g/mol. The Labute approximate surface area is 127 Å². The second-order valence-corrected chi connectivity index (χ2v) is 5.91. The minimum absolute atomic E-state index is 0.0498. The predicted octanol–water partition coefficient (Wildman–Crippen LogP) is 3.51. The Morgan fingerprint density at radius 2 is 2.30 bits per heavy atom. The maximum absolute atomic E-state index is 12.0. The molecule has 0 saturated heterocycles. The van der Waals surface area contributed by atoms with Crippen molar-refractivity contribution in [1.29, 1.82) is 0 Å². The number of carbonyl (C=O) groups is 1. The number of hydrogen-bond donors (Lipinski definition) is 1. The summed E-state index contributed by atoms with van der Waals surface area (Å²) in [5.41, 5.74) is 1.82. The zero-order chi connectivity index (χ0) is 14.7. The molecule has 0 spiro atoms. The van der Waals surface area contributed by atoms with E-state index in [1.807, 2.05) is 32.2 Å². The van der Waals surface area contributed by atoms with Crippen LogP contribution >= 0.6 is 22.9 Å². The van der Waals surface area contributed by atoms with Crippen LogP contribution in [0.15, 0.2) is 15.9 Å². The summed E-state index contributed by atoms with van der Waals surface area (Å²) in [6, 6.07) is 1.88. The minimum Gasteiger partial charge on any atom is -0.466 e. The number of nitrogens with one attached hydrogen (secondary N) is 1. The van der Waals surface area contributed by atoms with Gasteiger partial charge in [0, 0.05) is 10.9 Å². The van der Waals surface area contributed by atoms with E-state index < -0.39 is 0 Å². The van der Waals surface area contributed by atoms with E-state index in [0.717, 1.165) is 27.8 Å². The van der Waals surface area contributed by atoms with E-state index in [1.165, 1.54) is 11.3 Å². The number of amides is 1. The Balaban J connectivity index is 1.95. The maximum atomic E-state index is 12.0. The van der Waals surface area contributed by atoms with Gasteiger partial charge < -0.3 is 9.73 Å². The second-order valence-electron chi connectivity index (χ2n) is 4.70. The van der Waals surface area contributed by atoms with Crippen LogP contribution in [0.25, 0.3) is 0 Å². The zero-order valence-electron chi connectivity index (χ0n) is 11.7. The van der Waals surface area contributed by atoms with Gasteiger partial charge in [-0.05, 0) is 26.8 Å². The Kier molecular flexibility index (Phi) is 4.83. The number of carbonyl (C=O) groups excluding carboxylic acids is 1. The molecule has 2 aromatic rings. The molecule has 2 aromatic heterocycles. The molecule has 1 amide bonds. The molecule has 0 fully saturated rings. The summed E-state index contributed by atoms with van der Waals surface area (Å²) in [4.78, 5) is 16.3. The van der Waals surface area contributed by atoms with Crippen LogP contribution in [0.5, 0.6) is 0 Å². The van der Waals surface area contributed by atoms with Gasteiger partial charge in [-0.25, -0.2) is 4.98 Å². The lowest BCUT2D eigenvalue weighted by molar-refractivity contribution is -0.121. The van der Waals surface area contributed by atoms with Crippen molar-refractivity contribution < 1.29 is 9.21 Å². The highest BCUT2D eigenvalue weighted by Gasteiger charge is 2.16. The second kappa shape index (κ2) is 6.41. The molecule has 20 heavy (non-hydrogen) atoms. The highest BCUT2D eigenvalue weighted by Crippen LogP contribution is 2.21. The van der Waals surface area contributed by atoms with Crippen LogP contribution in [0.3, 0.4) is 0 Å². The molecule has 2 rings (SSSR count). The van der Waals surface area contributed by atoms with Crippen LogP contribution in [-0.2, 0) is 17.1 Å². The molecule has 0 aliphatic rings. The number of thiazole rings is 1. The van der Waals surface area contributed by atoms with Crippen molar-refractivity contribution in [3.8, 4) is 0 Å². The van der Waals surface area contributed by atoms with E-state index in [9.17, 15) is 4.79 Å². The summed E-state index contributed by atoms with van der Waals surface area (Å²) in [5.74, 6) is 2.02. The Morgan fingerprint density at radius 1 is 1.55 bits per heavy atom. The van der Waals surface area contributed by atoms with Gasteiger partial charge in [-0.15, -0.1) is 22.9 Å². The predicted molar refractivity (Wildman–Crippen MR) is 80.1 cm³/mol. The number of rotatable bonds is 5. The molecule has 108 valence electrons. The van der Waals surface area contributed by atoms with E-state index in [1.54, 1.807) is 0 Å². The SMILES string of the molecule is Cc1cc(C(C)NC(=O)Cc2nc(CCl)cs2)c(C)o1. The standard InChI is InChI=1S/C14H17ClN2O2S/c1-8-4-12(10(3)19-8)9(2)16-13(18)5-14-17-11(6-15)7-20-14/h4,7,9H,5-6H2,1-3H3,(H,16,18). The molecule has 0 bridgehead atoms. The highest BCUT2D eigenvalue weighted by atomic mass is 35.5. The number of aromatic nitrogens is 1. The number of halogens is 1. The summed E-state index contributed by atoms with van der Waals surface area (Å²) in [6.07, 6.45) is 0.280. The van der Waals surface area contributed by atoms with Crippen molar-refractivity contribution in [2.45, 2.75) is 39.1 Å². The van der Waals surface area contributed by atoms with Crippen molar-refractivity contribution in [3.63, 3.8) is 0 Å². The Morgan fingerprint density at radius 3 is 2.85 bits per heavy atom. The Bertz CT molecular complexity index is 606. The van der Waals surface area contributed by atoms with Crippen LogP contribution in [0.1, 0.15) is 40.8 Å². The smallest absolute Gasteiger partial charge is 0.227 e. The van der Waals surface area contributed by atoms with Crippen molar-refractivity contribution in [1.82, 2.24) is 10.3 Å². The molecule has 1 unspecified atom stereocenters. The first-order chi connectivity index (χ1) is 9.49. The van der Waals surface area contributed by atoms with Gasteiger partial charge in [0.25, 0.3) is 0 Å². The molecule has 0 aliphatic heterocycles. The average Bonchev–Trinajstić information content (AvgIpc) is 2.95. The summed E-state index contributed by atoms with van der Waals surface area (Å²) in [5, 5.41) is 5.62. The van der Waals surface area contributed by atoms with Crippen molar-refractivity contribution in [3.05, 3.63) is 39.2 Å². The number of aryl methyl sites for hydroxylation is 2. The fraction of sp³-hybridized carbons (Fsp3) is 0.429. The highest BCUT2D eigenvalue weighted by molar-refractivity contribution is 7.09. The first-order valence-corrected chi connectivity index (χ1v) is 7.76. The Hall–Kier alpha value is -1.33. The van der Waals surface area contributed by atoms with Gasteiger partial charge in [-0.1, -0.05) is 0 Å². The lowest BCUT2D eigenvalue weighted by atomic mass is 10.1. The lowest BCUT2D eigenvalue weighted by Gasteiger charge is -2.12. The third kappa shape index (κ3) is 3.61. The van der Waals surface area contributed by atoms with Crippen LogP contribution in [-0.4, -0.2) is 10.9 Å². The largest absolute Gasteiger partial charge is 0.466 e. The van der Waals surface area contributed by atoms with E-state index in [4.69, 9.17) is 16.0 Å². The molecule has 0 saturated carbocycles.